The molecule has 0 aliphatic rings. The lowest BCUT2D eigenvalue weighted by atomic mass is 10.2. The highest BCUT2D eigenvalue weighted by molar-refractivity contribution is 5.94. The van der Waals surface area contributed by atoms with Crippen molar-refractivity contribution >= 4 is 71.4 Å². The fraction of sp³-hybridized carbons (Fsp3) is 0.684. The number of ether oxygens (including phenoxy) is 9. The second-order valence-electron chi connectivity index (χ2n) is 12.6. The maximum atomic E-state index is 11.3. The minimum atomic E-state index is -1.31. The van der Waals surface area contributed by atoms with E-state index in [2.05, 4.69) is 23.7 Å². The summed E-state index contributed by atoms with van der Waals surface area (Å²) in [5.74, 6) is -9.12. The molecule has 63 heavy (non-hydrogen) atoms. The van der Waals surface area contributed by atoms with Crippen molar-refractivity contribution in [1.29, 1.82) is 0 Å². The van der Waals surface area contributed by atoms with Gasteiger partial charge in [-0.05, 0) is 54.9 Å². The summed E-state index contributed by atoms with van der Waals surface area (Å²) in [5, 5.41) is 32.5. The van der Waals surface area contributed by atoms with Gasteiger partial charge < -0.3 is 63.1 Å². The predicted molar refractivity (Wildman–Crippen MR) is 209 cm³/mol. The molecule has 0 spiro atoms. The number of aliphatic hydroxyl groups is 2. The Hall–Kier alpha value is -6.24. The Balaban J connectivity index is -0.000000244. The van der Waals surface area contributed by atoms with Gasteiger partial charge in [0.15, 0.2) is 0 Å². The number of aliphatic carboxylic acids is 2. The number of hydrogen-bond donors (Lipinski definition) is 4. The summed E-state index contributed by atoms with van der Waals surface area (Å²) >= 11 is 0. The van der Waals surface area contributed by atoms with Gasteiger partial charge in [0.1, 0.15) is 68.7 Å². The summed E-state index contributed by atoms with van der Waals surface area (Å²) in [5.41, 5.74) is 0. The van der Waals surface area contributed by atoms with Crippen LogP contribution in [0.25, 0.3) is 0 Å². The van der Waals surface area contributed by atoms with Crippen LogP contribution in [0.4, 0.5) is 0 Å². The highest BCUT2D eigenvalue weighted by Gasteiger charge is 2.24. The molecular weight excluding hydrogens is 856 g/mol. The van der Waals surface area contributed by atoms with Crippen LogP contribution in [0.5, 0.6) is 0 Å². The van der Waals surface area contributed by atoms with Gasteiger partial charge in [-0.3, -0.25) is 57.5 Å². The number of rotatable bonds is 21. The molecule has 0 saturated heterocycles. The van der Waals surface area contributed by atoms with Gasteiger partial charge in [0.05, 0.1) is 47.8 Å². The molecule has 25 nitrogen and oxygen atoms in total. The van der Waals surface area contributed by atoms with Crippen LogP contribution in [0.3, 0.4) is 0 Å². The first kappa shape index (κ1) is 65.9. The number of methoxy groups -OCH3 is 5. The average Bonchev–Trinajstić information content (AvgIpc) is 3.13. The zero-order chi connectivity index (χ0) is 50.4. The molecule has 0 aromatic carbocycles. The Kier molecular flexibility index (Phi) is 41.7. The summed E-state index contributed by atoms with van der Waals surface area (Å²) in [6, 6.07) is 0. The Bertz CT molecular complexity index is 1360. The maximum absolute atomic E-state index is 11.3. The largest absolute Gasteiger partial charge is 0.481 e. The smallest absolute Gasteiger partial charge is 0.317 e. The molecule has 364 valence electrons. The van der Waals surface area contributed by atoms with Gasteiger partial charge in [-0.15, -0.1) is 0 Å². The molecule has 0 aliphatic heterocycles. The van der Waals surface area contributed by atoms with Crippen LogP contribution in [-0.4, -0.2) is 164 Å². The van der Waals surface area contributed by atoms with E-state index in [9.17, 15) is 57.5 Å². The monoisotopic (exact) mass is 918 g/mol. The molecule has 0 bridgehead atoms. The normalized spacial score (nSPS) is 12.3. The van der Waals surface area contributed by atoms with E-state index >= 15 is 0 Å². The number of hydrogen-bond acceptors (Lipinski definition) is 23. The van der Waals surface area contributed by atoms with Crippen LogP contribution in [0.15, 0.2) is 0 Å². The van der Waals surface area contributed by atoms with E-state index in [1.54, 1.807) is 27.7 Å². The molecule has 0 aromatic rings. The molecule has 25 heteroatoms. The first-order chi connectivity index (χ1) is 29.0. The van der Waals surface area contributed by atoms with E-state index in [-0.39, 0.29) is 30.8 Å². The number of carbonyl (C=O) groups is 12. The fourth-order valence-electron chi connectivity index (χ4n) is 3.44. The number of esters is 9. The van der Waals surface area contributed by atoms with Crippen LogP contribution in [0.1, 0.15) is 99.8 Å². The van der Waals surface area contributed by atoms with E-state index in [1.807, 2.05) is 0 Å². The molecule has 0 aliphatic carbocycles. The average molecular weight is 919 g/mol. The molecule has 0 radical (unpaired) electrons. The fourth-order valence-corrected chi connectivity index (χ4v) is 3.44. The van der Waals surface area contributed by atoms with Gasteiger partial charge in [0.25, 0.3) is 0 Å². The summed E-state index contributed by atoms with van der Waals surface area (Å²) in [7, 11) is 5.89. The molecule has 0 saturated carbocycles. The Morgan fingerprint density at radius 3 is 0.762 bits per heavy atom. The third kappa shape index (κ3) is 51.8. The third-order valence-electron chi connectivity index (χ3n) is 6.30. The SMILES string of the molecule is CC(O)CC(C)O.COC(=O)CC(=O)OC(C)C(C)OC(=O)CC(=O)OC.COC(=O)CC(=O)OC(C)CC(C)OC(=O)CC(=O)OC.COC(=O)CC(C)=O.O=C(O)CC(=O)O. The van der Waals surface area contributed by atoms with E-state index in [4.69, 9.17) is 39.4 Å². The standard InChI is InChI=1S/C13H20O8.C12H18O8.C5H8O3.C5H12O2.C3H4O4/c1-8(20-12(16)6-10(14)18-3)5-9(2)21-13(17)7-11(15)19-4;1-7(19-11(15)5-9(13)17-3)8(2)20-12(16)6-10(14)18-4;1-4(6)3-5(7)8-2;1-4(6)3-5(2)7;4-2(5)1-3(6)7/h8-9H,5-7H2,1-4H3;7-8H,5-6H2,1-4H3;3H2,1-2H3;4-7H,3H2,1-2H3;1H2,(H,4,5)(H,6,7). The molecule has 6 unspecified atom stereocenters. The molecule has 0 rings (SSSR count). The third-order valence-corrected chi connectivity index (χ3v) is 6.30. The lowest BCUT2D eigenvalue weighted by molar-refractivity contribution is -0.170. The van der Waals surface area contributed by atoms with Crippen molar-refractivity contribution in [2.75, 3.05) is 35.5 Å². The summed E-state index contributed by atoms with van der Waals surface area (Å²) in [6.45, 7) is 10.8. The summed E-state index contributed by atoms with van der Waals surface area (Å²) in [6.07, 6.45) is -5.60. The van der Waals surface area contributed by atoms with Crippen LogP contribution in [0, 0.1) is 0 Å². The van der Waals surface area contributed by atoms with Gasteiger partial charge in [-0.25, -0.2) is 0 Å². The first-order valence-electron chi connectivity index (χ1n) is 18.4. The van der Waals surface area contributed by atoms with Crippen molar-refractivity contribution in [3.8, 4) is 0 Å². The van der Waals surface area contributed by atoms with Crippen LogP contribution < -0.4 is 0 Å². The molecule has 0 heterocycles. The van der Waals surface area contributed by atoms with Crippen LogP contribution in [0.2, 0.25) is 0 Å². The zero-order valence-corrected chi connectivity index (χ0v) is 37.5. The van der Waals surface area contributed by atoms with Crippen molar-refractivity contribution in [2.24, 2.45) is 0 Å². The zero-order valence-electron chi connectivity index (χ0n) is 37.5. The predicted octanol–water partition coefficient (Wildman–Crippen LogP) is 0.164. The summed E-state index contributed by atoms with van der Waals surface area (Å²) < 4.78 is 41.2. The molecule has 0 aromatic heterocycles. The lowest BCUT2D eigenvalue weighted by Crippen LogP contribution is -2.32. The summed E-state index contributed by atoms with van der Waals surface area (Å²) in [4.78, 5) is 128. The number of carboxylic acids is 2. The number of aliphatic hydroxyl groups excluding tert-OH is 2. The Morgan fingerprint density at radius 2 is 0.603 bits per heavy atom. The van der Waals surface area contributed by atoms with E-state index in [1.165, 1.54) is 42.1 Å². The van der Waals surface area contributed by atoms with E-state index in [0.29, 0.717) is 6.42 Å². The highest BCUT2D eigenvalue weighted by atomic mass is 16.6. The second-order valence-corrected chi connectivity index (χ2v) is 12.6. The van der Waals surface area contributed by atoms with Crippen molar-refractivity contribution in [2.45, 2.75) is 136 Å². The Labute approximate surface area is 363 Å². The highest BCUT2D eigenvalue weighted by Crippen LogP contribution is 2.09. The number of Topliss-reactive ketones (excluding diaryl/α,β-unsaturated/α-hetero) is 1. The van der Waals surface area contributed by atoms with Crippen LogP contribution >= 0.6 is 0 Å². The number of carbonyl (C=O) groups excluding carboxylic acids is 10. The number of ketones is 1. The molecule has 0 amide bonds. The maximum Gasteiger partial charge on any atom is 0.317 e. The van der Waals surface area contributed by atoms with Crippen LogP contribution in [-0.2, 0) is 100 Å². The lowest BCUT2D eigenvalue weighted by Gasteiger charge is -2.20. The van der Waals surface area contributed by atoms with Crippen molar-refractivity contribution < 1.29 is 121 Å². The van der Waals surface area contributed by atoms with E-state index in [0.717, 1.165) is 14.2 Å². The van der Waals surface area contributed by atoms with Gasteiger partial charge in [-0.2, -0.15) is 0 Å². The molecule has 0 fully saturated rings. The first-order valence-corrected chi connectivity index (χ1v) is 18.4. The molecule has 4 N–H and O–H groups in total. The van der Waals surface area contributed by atoms with Gasteiger partial charge >= 0.3 is 65.7 Å². The second kappa shape index (κ2) is 39.9. The van der Waals surface area contributed by atoms with Crippen molar-refractivity contribution in [1.82, 2.24) is 0 Å². The van der Waals surface area contributed by atoms with Crippen molar-refractivity contribution in [3.63, 3.8) is 0 Å². The van der Waals surface area contributed by atoms with E-state index < -0.39 is 122 Å². The van der Waals surface area contributed by atoms with Gasteiger partial charge in [0.2, 0.25) is 0 Å². The topological polar surface area (TPSA) is 369 Å². The quantitative estimate of drug-likeness (QED) is 0.0677. The number of carboxylic acid groups (broad SMARTS) is 2. The van der Waals surface area contributed by atoms with Gasteiger partial charge in [-0.1, -0.05) is 0 Å². The minimum absolute atomic E-state index is 0.115. The minimum Gasteiger partial charge on any atom is -0.481 e. The van der Waals surface area contributed by atoms with Crippen molar-refractivity contribution in [3.05, 3.63) is 0 Å². The molecule has 6 atom stereocenters. The van der Waals surface area contributed by atoms with Gasteiger partial charge in [0, 0.05) is 6.42 Å². The molecular formula is C38H62O25. The Morgan fingerprint density at radius 1 is 0.365 bits per heavy atom.